The molecule has 3 N–H and O–H groups in total. The highest BCUT2D eigenvalue weighted by atomic mass is 16.5. The maximum absolute atomic E-state index is 10.4. The Morgan fingerprint density at radius 3 is 2.00 bits per heavy atom. The van der Waals surface area contributed by atoms with Crippen LogP contribution in [0.2, 0.25) is 0 Å². The Balaban J connectivity index is 0.000000212. The Morgan fingerprint density at radius 2 is 1.45 bits per heavy atom. The van der Waals surface area contributed by atoms with Crippen LogP contribution in [0.15, 0.2) is 84.9 Å². The van der Waals surface area contributed by atoms with Gasteiger partial charge in [-0.15, -0.1) is 0 Å². The van der Waals surface area contributed by atoms with Crippen molar-refractivity contribution in [2.24, 2.45) is 5.73 Å². The zero-order valence-corrected chi connectivity index (χ0v) is 17.0. The van der Waals surface area contributed by atoms with Crippen LogP contribution in [0, 0.1) is 6.92 Å². The SMILES string of the molecule is C[C@@H](OCc1ccccc1)C(=O)O.Cc1ccc(C[C@@H](N)c2ccccc2)cc1. The molecule has 0 bridgehead atoms. The van der Waals surface area contributed by atoms with E-state index in [1.807, 2.05) is 48.5 Å². The van der Waals surface area contributed by atoms with Gasteiger partial charge in [-0.2, -0.15) is 0 Å². The number of carbonyl (C=O) groups is 1. The molecule has 0 fully saturated rings. The van der Waals surface area contributed by atoms with Gasteiger partial charge in [0.2, 0.25) is 0 Å². The van der Waals surface area contributed by atoms with Crippen LogP contribution in [0.5, 0.6) is 0 Å². The van der Waals surface area contributed by atoms with Gasteiger partial charge < -0.3 is 15.6 Å². The van der Waals surface area contributed by atoms with Crippen LogP contribution in [0.1, 0.15) is 35.2 Å². The quantitative estimate of drug-likeness (QED) is 0.600. The summed E-state index contributed by atoms with van der Waals surface area (Å²) in [4.78, 5) is 10.4. The molecule has 3 aromatic carbocycles. The molecule has 0 aliphatic rings. The average molecular weight is 392 g/mol. The summed E-state index contributed by atoms with van der Waals surface area (Å²) >= 11 is 0. The number of hydrogen-bond donors (Lipinski definition) is 2. The van der Waals surface area contributed by atoms with E-state index in [-0.39, 0.29) is 6.04 Å². The Kier molecular flexibility index (Phi) is 9.09. The minimum Gasteiger partial charge on any atom is -0.479 e. The zero-order chi connectivity index (χ0) is 21.1. The summed E-state index contributed by atoms with van der Waals surface area (Å²) in [6, 6.07) is 28.4. The molecule has 0 saturated heterocycles. The highest BCUT2D eigenvalue weighted by Crippen LogP contribution is 2.16. The molecule has 0 aromatic heterocycles. The molecular weight excluding hydrogens is 362 g/mol. The molecule has 0 saturated carbocycles. The summed E-state index contributed by atoms with van der Waals surface area (Å²) in [5, 5.41) is 8.54. The van der Waals surface area contributed by atoms with Crippen LogP contribution >= 0.6 is 0 Å². The van der Waals surface area contributed by atoms with E-state index in [4.69, 9.17) is 15.6 Å². The predicted molar refractivity (Wildman–Crippen MR) is 117 cm³/mol. The molecule has 0 heterocycles. The average Bonchev–Trinajstić information content (AvgIpc) is 2.75. The first-order valence-electron chi connectivity index (χ1n) is 9.70. The third kappa shape index (κ3) is 8.30. The topological polar surface area (TPSA) is 72.5 Å². The number of ether oxygens (including phenoxy) is 1. The highest BCUT2D eigenvalue weighted by Gasteiger charge is 2.10. The van der Waals surface area contributed by atoms with Gasteiger partial charge in [-0.1, -0.05) is 90.5 Å². The molecular formula is C25H29NO3. The van der Waals surface area contributed by atoms with E-state index in [1.54, 1.807) is 0 Å². The van der Waals surface area contributed by atoms with E-state index in [0.717, 1.165) is 12.0 Å². The second kappa shape index (κ2) is 11.8. The van der Waals surface area contributed by atoms with E-state index < -0.39 is 12.1 Å². The van der Waals surface area contributed by atoms with E-state index in [1.165, 1.54) is 23.6 Å². The Bertz CT molecular complexity index is 848. The van der Waals surface area contributed by atoms with E-state index in [0.29, 0.717) is 6.61 Å². The molecule has 29 heavy (non-hydrogen) atoms. The largest absolute Gasteiger partial charge is 0.479 e. The van der Waals surface area contributed by atoms with Gasteiger partial charge in [0.05, 0.1) is 6.61 Å². The van der Waals surface area contributed by atoms with Gasteiger partial charge in [0.1, 0.15) is 0 Å². The minimum atomic E-state index is -0.934. The third-order valence-corrected chi connectivity index (χ3v) is 4.49. The predicted octanol–water partition coefficient (Wildman–Crippen LogP) is 4.91. The summed E-state index contributed by atoms with van der Waals surface area (Å²) in [7, 11) is 0. The molecule has 3 rings (SSSR count). The number of nitrogens with two attached hydrogens (primary N) is 1. The zero-order valence-electron chi connectivity index (χ0n) is 17.0. The van der Waals surface area contributed by atoms with Gasteiger partial charge >= 0.3 is 5.97 Å². The maximum Gasteiger partial charge on any atom is 0.332 e. The smallest absolute Gasteiger partial charge is 0.332 e. The summed E-state index contributed by atoms with van der Waals surface area (Å²) < 4.78 is 5.09. The lowest BCUT2D eigenvalue weighted by Crippen LogP contribution is -2.19. The van der Waals surface area contributed by atoms with Crippen molar-refractivity contribution in [3.05, 3.63) is 107 Å². The van der Waals surface area contributed by atoms with Crippen molar-refractivity contribution < 1.29 is 14.6 Å². The molecule has 0 aliphatic heterocycles. The standard InChI is InChI=1S/C15H17N.C10H12O3/c1-12-7-9-13(10-8-12)11-15(16)14-5-3-2-4-6-14;1-8(10(11)12)13-7-9-5-3-2-4-6-9/h2-10,15H,11,16H2,1H3;2-6,8H,7H2,1H3,(H,11,12)/t15-;8-/m11/s1. The normalized spacial score (nSPS) is 12.4. The first-order valence-corrected chi connectivity index (χ1v) is 9.70. The Morgan fingerprint density at radius 1 is 0.897 bits per heavy atom. The fourth-order valence-electron chi connectivity index (χ4n) is 2.66. The first-order chi connectivity index (χ1) is 14.0. The highest BCUT2D eigenvalue weighted by molar-refractivity contribution is 5.71. The van der Waals surface area contributed by atoms with Crippen molar-refractivity contribution in [1.82, 2.24) is 0 Å². The van der Waals surface area contributed by atoms with Crippen molar-refractivity contribution in [1.29, 1.82) is 0 Å². The number of carboxylic acid groups (broad SMARTS) is 1. The number of rotatable bonds is 7. The molecule has 0 radical (unpaired) electrons. The number of carboxylic acids is 1. The lowest BCUT2D eigenvalue weighted by atomic mass is 9.99. The number of hydrogen-bond acceptors (Lipinski definition) is 3. The van der Waals surface area contributed by atoms with Crippen molar-refractivity contribution >= 4 is 5.97 Å². The van der Waals surface area contributed by atoms with Crippen molar-refractivity contribution in [2.75, 3.05) is 0 Å². The summed E-state index contributed by atoms with van der Waals surface area (Å²) in [6.07, 6.45) is 0.143. The summed E-state index contributed by atoms with van der Waals surface area (Å²) in [5.74, 6) is -0.934. The van der Waals surface area contributed by atoms with E-state index in [2.05, 4.69) is 43.3 Å². The van der Waals surface area contributed by atoms with Crippen LogP contribution in [-0.2, 0) is 22.6 Å². The molecule has 152 valence electrons. The van der Waals surface area contributed by atoms with Gasteiger partial charge in [-0.3, -0.25) is 0 Å². The van der Waals surface area contributed by atoms with Gasteiger partial charge in [-0.25, -0.2) is 4.79 Å². The Hall–Kier alpha value is -2.95. The molecule has 0 amide bonds. The third-order valence-electron chi connectivity index (χ3n) is 4.49. The van der Waals surface area contributed by atoms with Gasteiger partial charge in [0, 0.05) is 6.04 Å². The molecule has 0 spiro atoms. The number of aliphatic carboxylic acids is 1. The second-order valence-electron chi connectivity index (χ2n) is 6.98. The number of aryl methyl sites for hydroxylation is 1. The molecule has 0 unspecified atom stereocenters. The molecule has 3 aromatic rings. The summed E-state index contributed by atoms with van der Waals surface area (Å²) in [5.41, 5.74) is 10.9. The second-order valence-corrected chi connectivity index (χ2v) is 6.98. The molecule has 4 nitrogen and oxygen atoms in total. The number of benzene rings is 3. The first kappa shape index (κ1) is 22.3. The molecule has 2 atom stereocenters. The van der Waals surface area contributed by atoms with Crippen LogP contribution in [-0.4, -0.2) is 17.2 Å². The maximum atomic E-state index is 10.4. The van der Waals surface area contributed by atoms with Crippen LogP contribution in [0.25, 0.3) is 0 Å². The summed E-state index contributed by atoms with van der Waals surface area (Å²) in [6.45, 7) is 3.96. The van der Waals surface area contributed by atoms with Gasteiger partial charge in [-0.05, 0) is 37.0 Å². The van der Waals surface area contributed by atoms with Crippen LogP contribution in [0.3, 0.4) is 0 Å². The van der Waals surface area contributed by atoms with E-state index >= 15 is 0 Å². The van der Waals surface area contributed by atoms with Crippen molar-refractivity contribution in [3.8, 4) is 0 Å². The minimum absolute atomic E-state index is 0.0870. The van der Waals surface area contributed by atoms with E-state index in [9.17, 15) is 4.79 Å². The lowest BCUT2D eigenvalue weighted by Gasteiger charge is -2.12. The fraction of sp³-hybridized carbons (Fsp3) is 0.240. The fourth-order valence-corrected chi connectivity index (χ4v) is 2.66. The van der Waals surface area contributed by atoms with Gasteiger partial charge in [0.25, 0.3) is 0 Å². The molecule has 0 aliphatic carbocycles. The van der Waals surface area contributed by atoms with Crippen LogP contribution in [0.4, 0.5) is 0 Å². The molecule has 4 heteroatoms. The van der Waals surface area contributed by atoms with Crippen LogP contribution < -0.4 is 5.73 Å². The lowest BCUT2D eigenvalue weighted by molar-refractivity contribution is -0.149. The van der Waals surface area contributed by atoms with Crippen molar-refractivity contribution in [3.63, 3.8) is 0 Å². The van der Waals surface area contributed by atoms with Gasteiger partial charge in [0.15, 0.2) is 6.10 Å². The monoisotopic (exact) mass is 391 g/mol. The Labute approximate surface area is 173 Å². The van der Waals surface area contributed by atoms with Crippen molar-refractivity contribution in [2.45, 2.75) is 39.0 Å².